The van der Waals surface area contributed by atoms with Gasteiger partial charge >= 0.3 is 0 Å². The summed E-state index contributed by atoms with van der Waals surface area (Å²) in [5.74, 6) is 5.58. The predicted octanol–water partition coefficient (Wildman–Crippen LogP) is -0.795. The zero-order valence-electron chi connectivity index (χ0n) is 9.16. The van der Waals surface area contributed by atoms with Crippen LogP contribution in [0, 0.1) is 0 Å². The van der Waals surface area contributed by atoms with Gasteiger partial charge < -0.3 is 4.90 Å². The molecule has 3 N–H and O–H groups in total. The molecule has 0 bridgehead atoms. The molecule has 1 unspecified atom stereocenters. The lowest BCUT2D eigenvalue weighted by molar-refractivity contribution is 0.327. The van der Waals surface area contributed by atoms with Crippen molar-refractivity contribution >= 4 is 9.84 Å². The summed E-state index contributed by atoms with van der Waals surface area (Å²) < 4.78 is 21.7. The van der Waals surface area contributed by atoms with E-state index in [0.29, 0.717) is 6.42 Å². The van der Waals surface area contributed by atoms with Gasteiger partial charge in [-0.2, -0.15) is 0 Å². The standard InChI is InChI=1S/C8H21N3O2S/c1-11(2)7-8(10-9)5-4-6-14(3,12)13/h8,10H,4-7,9H2,1-3H3. The third-order valence-electron chi connectivity index (χ3n) is 1.89. The van der Waals surface area contributed by atoms with E-state index in [2.05, 4.69) is 5.43 Å². The second kappa shape index (κ2) is 6.34. The molecule has 14 heavy (non-hydrogen) atoms. The van der Waals surface area contributed by atoms with Gasteiger partial charge in [0.25, 0.3) is 0 Å². The maximum Gasteiger partial charge on any atom is 0.147 e. The van der Waals surface area contributed by atoms with Gasteiger partial charge in [-0.25, -0.2) is 8.42 Å². The second-order valence-electron chi connectivity index (χ2n) is 3.90. The molecular weight excluding hydrogens is 202 g/mol. The SMILES string of the molecule is CN(C)CC(CCCS(C)(=O)=O)NN. The van der Waals surface area contributed by atoms with Gasteiger partial charge in [0.1, 0.15) is 9.84 Å². The van der Waals surface area contributed by atoms with E-state index in [0.717, 1.165) is 13.0 Å². The van der Waals surface area contributed by atoms with Gasteiger partial charge in [-0.15, -0.1) is 0 Å². The molecule has 0 fully saturated rings. The van der Waals surface area contributed by atoms with Crippen molar-refractivity contribution < 1.29 is 8.42 Å². The van der Waals surface area contributed by atoms with Gasteiger partial charge in [0, 0.05) is 24.6 Å². The van der Waals surface area contributed by atoms with Gasteiger partial charge in [0.2, 0.25) is 0 Å². The molecule has 0 aromatic carbocycles. The van der Waals surface area contributed by atoms with E-state index in [1.807, 2.05) is 19.0 Å². The summed E-state index contributed by atoms with van der Waals surface area (Å²) in [6.45, 7) is 0.820. The van der Waals surface area contributed by atoms with Crippen molar-refractivity contribution in [2.75, 3.05) is 32.6 Å². The summed E-state index contributed by atoms with van der Waals surface area (Å²) in [6, 6.07) is 0.159. The molecule has 0 aliphatic heterocycles. The highest BCUT2D eigenvalue weighted by atomic mass is 32.2. The van der Waals surface area contributed by atoms with Crippen LogP contribution in [-0.4, -0.2) is 52.0 Å². The monoisotopic (exact) mass is 223 g/mol. The van der Waals surface area contributed by atoms with Gasteiger partial charge in [0.05, 0.1) is 0 Å². The number of nitrogens with one attached hydrogen (secondary N) is 1. The Morgan fingerprint density at radius 2 is 2.00 bits per heavy atom. The van der Waals surface area contributed by atoms with Crippen molar-refractivity contribution in [2.24, 2.45) is 5.84 Å². The molecule has 1 atom stereocenters. The normalized spacial score (nSPS) is 14.6. The molecule has 0 radical (unpaired) electrons. The molecule has 0 amide bonds. The quantitative estimate of drug-likeness (QED) is 0.437. The maximum atomic E-state index is 10.9. The van der Waals surface area contributed by atoms with Crippen molar-refractivity contribution in [3.05, 3.63) is 0 Å². The highest BCUT2D eigenvalue weighted by Crippen LogP contribution is 2.00. The van der Waals surface area contributed by atoms with Crippen LogP contribution < -0.4 is 11.3 Å². The summed E-state index contributed by atoms with van der Waals surface area (Å²) in [4.78, 5) is 2.02. The van der Waals surface area contributed by atoms with E-state index in [1.165, 1.54) is 6.26 Å². The third kappa shape index (κ3) is 8.43. The van der Waals surface area contributed by atoms with Crippen molar-refractivity contribution in [1.82, 2.24) is 10.3 Å². The minimum atomic E-state index is -2.84. The summed E-state index contributed by atoms with van der Waals surface area (Å²) in [6.07, 6.45) is 2.69. The predicted molar refractivity (Wildman–Crippen MR) is 58.6 cm³/mol. The number of nitrogens with two attached hydrogens (primary N) is 1. The first kappa shape index (κ1) is 13.8. The van der Waals surface area contributed by atoms with Crippen molar-refractivity contribution in [3.63, 3.8) is 0 Å². The fourth-order valence-corrected chi connectivity index (χ4v) is 1.95. The van der Waals surface area contributed by atoms with Crippen LogP contribution >= 0.6 is 0 Å². The Labute approximate surface area is 86.5 Å². The van der Waals surface area contributed by atoms with E-state index in [1.54, 1.807) is 0 Å². The first-order valence-corrected chi connectivity index (χ1v) is 6.70. The minimum Gasteiger partial charge on any atom is -0.308 e. The summed E-state index contributed by atoms with van der Waals surface area (Å²) in [5.41, 5.74) is 2.68. The zero-order valence-corrected chi connectivity index (χ0v) is 9.97. The average Bonchev–Trinajstić information content (AvgIpc) is 1.99. The number of rotatable bonds is 7. The summed E-state index contributed by atoms with van der Waals surface area (Å²) >= 11 is 0. The number of sulfone groups is 1. The zero-order chi connectivity index (χ0) is 11.2. The first-order valence-electron chi connectivity index (χ1n) is 4.63. The molecule has 0 heterocycles. The summed E-state index contributed by atoms with van der Waals surface area (Å²) in [5, 5.41) is 0. The number of nitrogens with zero attached hydrogens (tertiary/aromatic N) is 1. The fourth-order valence-electron chi connectivity index (χ4n) is 1.26. The third-order valence-corrected chi connectivity index (χ3v) is 2.92. The smallest absolute Gasteiger partial charge is 0.147 e. The number of hydrogen-bond acceptors (Lipinski definition) is 5. The Bertz CT molecular complexity index is 239. The Kier molecular flexibility index (Phi) is 6.26. The molecule has 0 aromatic heterocycles. The van der Waals surface area contributed by atoms with E-state index >= 15 is 0 Å². The topological polar surface area (TPSA) is 75.4 Å². The first-order chi connectivity index (χ1) is 6.35. The molecule has 0 aliphatic rings. The van der Waals surface area contributed by atoms with Crippen LogP contribution in [0.4, 0.5) is 0 Å². The number of likely N-dealkylation sites (N-methyl/N-ethyl adjacent to an activating group) is 1. The van der Waals surface area contributed by atoms with Gasteiger partial charge in [-0.05, 0) is 26.9 Å². The average molecular weight is 223 g/mol. The van der Waals surface area contributed by atoms with E-state index < -0.39 is 9.84 Å². The van der Waals surface area contributed by atoms with Gasteiger partial charge in [-0.3, -0.25) is 11.3 Å². The lowest BCUT2D eigenvalue weighted by Crippen LogP contribution is -2.42. The molecule has 0 saturated heterocycles. The van der Waals surface area contributed by atoms with E-state index in [4.69, 9.17) is 5.84 Å². The molecule has 0 aliphatic carbocycles. The number of hydrazine groups is 1. The van der Waals surface area contributed by atoms with E-state index in [-0.39, 0.29) is 11.8 Å². The number of hydrogen-bond donors (Lipinski definition) is 2. The Morgan fingerprint density at radius 3 is 2.36 bits per heavy atom. The molecule has 0 rings (SSSR count). The lowest BCUT2D eigenvalue weighted by Gasteiger charge is -2.19. The van der Waals surface area contributed by atoms with Crippen LogP contribution in [0.1, 0.15) is 12.8 Å². The highest BCUT2D eigenvalue weighted by molar-refractivity contribution is 7.90. The minimum absolute atomic E-state index is 0.159. The fraction of sp³-hybridized carbons (Fsp3) is 1.00. The van der Waals surface area contributed by atoms with Gasteiger partial charge in [-0.1, -0.05) is 0 Å². The van der Waals surface area contributed by atoms with Crippen LogP contribution in [0.3, 0.4) is 0 Å². The van der Waals surface area contributed by atoms with E-state index in [9.17, 15) is 8.42 Å². The Hall–Kier alpha value is -0.170. The van der Waals surface area contributed by atoms with Crippen LogP contribution in [0.15, 0.2) is 0 Å². The molecule has 0 aromatic rings. The van der Waals surface area contributed by atoms with Crippen LogP contribution in [-0.2, 0) is 9.84 Å². The Morgan fingerprint density at radius 1 is 1.43 bits per heavy atom. The van der Waals surface area contributed by atoms with Crippen LogP contribution in [0.5, 0.6) is 0 Å². The second-order valence-corrected chi connectivity index (χ2v) is 6.16. The van der Waals surface area contributed by atoms with Crippen molar-refractivity contribution in [1.29, 1.82) is 0 Å². The highest BCUT2D eigenvalue weighted by Gasteiger charge is 2.09. The largest absolute Gasteiger partial charge is 0.308 e. The molecule has 0 saturated carbocycles. The molecular formula is C8H21N3O2S. The maximum absolute atomic E-state index is 10.9. The lowest BCUT2D eigenvalue weighted by atomic mass is 10.2. The van der Waals surface area contributed by atoms with Crippen LogP contribution in [0.2, 0.25) is 0 Å². The molecule has 5 nitrogen and oxygen atoms in total. The Balaban J connectivity index is 3.74. The van der Waals surface area contributed by atoms with Crippen molar-refractivity contribution in [3.8, 4) is 0 Å². The molecule has 0 spiro atoms. The summed E-state index contributed by atoms with van der Waals surface area (Å²) in [7, 11) is 1.08. The molecule has 6 heteroatoms. The molecule has 86 valence electrons. The van der Waals surface area contributed by atoms with Crippen LogP contribution in [0.25, 0.3) is 0 Å². The van der Waals surface area contributed by atoms with Crippen molar-refractivity contribution in [2.45, 2.75) is 18.9 Å². The van der Waals surface area contributed by atoms with Gasteiger partial charge in [0.15, 0.2) is 0 Å².